The average molecular weight is 266 g/mol. The van der Waals surface area contributed by atoms with Crippen molar-refractivity contribution in [2.75, 3.05) is 0 Å². The number of hydrogen-bond acceptors (Lipinski definition) is 3. The van der Waals surface area contributed by atoms with Gasteiger partial charge in [0.15, 0.2) is 6.73 Å². The lowest BCUT2D eigenvalue weighted by Gasteiger charge is -2.18. The molecular formula is C10H8BrN3O. The molecule has 1 aliphatic heterocycles. The van der Waals surface area contributed by atoms with E-state index in [-0.39, 0.29) is 0 Å². The number of aromatic nitrogens is 3. The zero-order valence-corrected chi connectivity index (χ0v) is 9.65. The number of fused-ring (bicyclic) bond motifs is 3. The lowest BCUT2D eigenvalue weighted by Crippen LogP contribution is -2.13. The van der Waals surface area contributed by atoms with Gasteiger partial charge in [0.2, 0.25) is 0 Å². The summed E-state index contributed by atoms with van der Waals surface area (Å²) in [4.78, 5) is 8.58. The van der Waals surface area contributed by atoms with Crippen LogP contribution in [0.1, 0.15) is 5.69 Å². The SMILES string of the molecule is Cc1nc2n(c1Br)COc1ccncc1-2. The van der Waals surface area contributed by atoms with E-state index in [9.17, 15) is 0 Å². The van der Waals surface area contributed by atoms with Crippen molar-refractivity contribution < 1.29 is 4.74 Å². The Hall–Kier alpha value is -1.36. The van der Waals surface area contributed by atoms with Gasteiger partial charge >= 0.3 is 0 Å². The molecule has 0 saturated carbocycles. The molecule has 0 amide bonds. The number of pyridine rings is 1. The average Bonchev–Trinajstić information content (AvgIpc) is 2.56. The number of halogens is 1. The number of aryl methyl sites for hydroxylation is 1. The zero-order valence-electron chi connectivity index (χ0n) is 8.07. The molecule has 0 unspecified atom stereocenters. The van der Waals surface area contributed by atoms with E-state index in [0.29, 0.717) is 6.73 Å². The fourth-order valence-corrected chi connectivity index (χ4v) is 2.05. The van der Waals surface area contributed by atoms with E-state index in [1.54, 1.807) is 12.4 Å². The Bertz CT molecular complexity index is 535. The minimum Gasteiger partial charge on any atom is -0.472 e. The third-order valence-corrected chi connectivity index (χ3v) is 3.44. The summed E-state index contributed by atoms with van der Waals surface area (Å²) in [6.45, 7) is 2.46. The Morgan fingerprint density at radius 1 is 1.53 bits per heavy atom. The summed E-state index contributed by atoms with van der Waals surface area (Å²) in [7, 11) is 0. The maximum atomic E-state index is 5.60. The van der Waals surface area contributed by atoms with E-state index >= 15 is 0 Å². The van der Waals surface area contributed by atoms with Gasteiger partial charge in [0.25, 0.3) is 0 Å². The first-order valence-electron chi connectivity index (χ1n) is 4.57. The van der Waals surface area contributed by atoms with Crippen molar-refractivity contribution in [1.29, 1.82) is 0 Å². The van der Waals surface area contributed by atoms with Gasteiger partial charge in [0, 0.05) is 12.4 Å². The second-order valence-electron chi connectivity index (χ2n) is 3.38. The van der Waals surface area contributed by atoms with Crippen molar-refractivity contribution >= 4 is 15.9 Å². The topological polar surface area (TPSA) is 39.9 Å². The minimum absolute atomic E-state index is 0.494. The number of ether oxygens (including phenoxy) is 1. The fourth-order valence-electron chi connectivity index (χ4n) is 1.69. The predicted molar refractivity (Wildman–Crippen MR) is 58.5 cm³/mol. The van der Waals surface area contributed by atoms with E-state index in [4.69, 9.17) is 4.74 Å². The second kappa shape index (κ2) is 3.06. The first-order chi connectivity index (χ1) is 7.27. The highest BCUT2D eigenvalue weighted by atomic mass is 79.9. The third kappa shape index (κ3) is 1.19. The van der Waals surface area contributed by atoms with Gasteiger partial charge in [-0.05, 0) is 28.9 Å². The van der Waals surface area contributed by atoms with Crippen LogP contribution in [0.25, 0.3) is 11.4 Å². The summed E-state index contributed by atoms with van der Waals surface area (Å²) < 4.78 is 8.55. The molecule has 0 bridgehead atoms. The van der Waals surface area contributed by atoms with Crippen LogP contribution >= 0.6 is 15.9 Å². The lowest BCUT2D eigenvalue weighted by atomic mass is 10.2. The van der Waals surface area contributed by atoms with Crippen LogP contribution in [0.4, 0.5) is 0 Å². The molecule has 1 aliphatic rings. The van der Waals surface area contributed by atoms with Crippen molar-refractivity contribution in [1.82, 2.24) is 14.5 Å². The van der Waals surface area contributed by atoms with Gasteiger partial charge in [0.1, 0.15) is 16.2 Å². The quantitative estimate of drug-likeness (QED) is 0.734. The number of rotatable bonds is 0. The molecule has 0 atom stereocenters. The summed E-state index contributed by atoms with van der Waals surface area (Å²) >= 11 is 3.49. The summed E-state index contributed by atoms with van der Waals surface area (Å²) in [5.41, 5.74) is 1.91. The Balaban J connectivity index is 2.30. The van der Waals surface area contributed by atoms with Crippen molar-refractivity contribution in [2.45, 2.75) is 13.7 Å². The van der Waals surface area contributed by atoms with Crippen molar-refractivity contribution in [2.24, 2.45) is 0 Å². The molecule has 15 heavy (non-hydrogen) atoms. The Labute approximate surface area is 95.1 Å². The van der Waals surface area contributed by atoms with E-state index in [2.05, 4.69) is 25.9 Å². The standard InChI is InChI=1S/C10H8BrN3O/c1-6-9(11)14-5-15-8-2-3-12-4-7(8)10(14)13-6/h2-4H,5H2,1H3. The van der Waals surface area contributed by atoms with Gasteiger partial charge in [-0.15, -0.1) is 0 Å². The zero-order chi connectivity index (χ0) is 10.4. The Kier molecular flexibility index (Phi) is 1.82. The molecular weight excluding hydrogens is 258 g/mol. The molecule has 0 spiro atoms. The van der Waals surface area contributed by atoms with Crippen LogP contribution in [0.5, 0.6) is 5.75 Å². The predicted octanol–water partition coefficient (Wildman–Crippen LogP) is 2.37. The van der Waals surface area contributed by atoms with Crippen molar-refractivity contribution in [3.63, 3.8) is 0 Å². The maximum absolute atomic E-state index is 5.60. The third-order valence-electron chi connectivity index (χ3n) is 2.44. The molecule has 76 valence electrons. The van der Waals surface area contributed by atoms with Crippen LogP contribution in [-0.4, -0.2) is 14.5 Å². The first kappa shape index (κ1) is 8.91. The van der Waals surface area contributed by atoms with Crippen molar-refractivity contribution in [3.8, 4) is 17.1 Å². The van der Waals surface area contributed by atoms with Gasteiger partial charge in [-0.2, -0.15) is 0 Å². The first-order valence-corrected chi connectivity index (χ1v) is 5.36. The number of imidazole rings is 1. The lowest BCUT2D eigenvalue weighted by molar-refractivity contribution is 0.227. The van der Waals surface area contributed by atoms with Crippen LogP contribution in [0.2, 0.25) is 0 Å². The van der Waals surface area contributed by atoms with Crippen LogP contribution in [0.15, 0.2) is 23.1 Å². The molecule has 3 heterocycles. The van der Waals surface area contributed by atoms with Crippen LogP contribution in [0, 0.1) is 6.92 Å². The molecule has 3 rings (SSSR count). The van der Waals surface area contributed by atoms with E-state index in [1.165, 1.54) is 0 Å². The molecule has 5 heteroatoms. The van der Waals surface area contributed by atoms with Crippen molar-refractivity contribution in [3.05, 3.63) is 28.8 Å². The fraction of sp³-hybridized carbons (Fsp3) is 0.200. The molecule has 0 fully saturated rings. The largest absolute Gasteiger partial charge is 0.472 e. The molecule has 0 aliphatic carbocycles. The highest BCUT2D eigenvalue weighted by Crippen LogP contribution is 2.35. The highest BCUT2D eigenvalue weighted by Gasteiger charge is 2.21. The summed E-state index contributed by atoms with van der Waals surface area (Å²) in [5.74, 6) is 1.75. The van der Waals surface area contributed by atoms with Gasteiger partial charge < -0.3 is 4.74 Å². The van der Waals surface area contributed by atoms with Gasteiger partial charge in [0.05, 0.1) is 11.3 Å². The molecule has 0 aromatic carbocycles. The van der Waals surface area contributed by atoms with Crippen LogP contribution < -0.4 is 4.74 Å². The van der Waals surface area contributed by atoms with E-state index in [1.807, 2.05) is 17.6 Å². The summed E-state index contributed by atoms with van der Waals surface area (Å²) in [5, 5.41) is 0. The molecule has 2 aromatic heterocycles. The molecule has 2 aromatic rings. The highest BCUT2D eigenvalue weighted by molar-refractivity contribution is 9.10. The normalized spacial score (nSPS) is 12.9. The molecule has 0 saturated heterocycles. The number of nitrogens with zero attached hydrogens (tertiary/aromatic N) is 3. The minimum atomic E-state index is 0.494. The van der Waals surface area contributed by atoms with E-state index in [0.717, 1.165) is 27.4 Å². The monoisotopic (exact) mass is 265 g/mol. The second-order valence-corrected chi connectivity index (χ2v) is 4.14. The number of hydrogen-bond donors (Lipinski definition) is 0. The molecule has 0 N–H and O–H groups in total. The maximum Gasteiger partial charge on any atom is 0.167 e. The van der Waals surface area contributed by atoms with Gasteiger partial charge in [-0.25, -0.2) is 4.98 Å². The van der Waals surface area contributed by atoms with Crippen LogP contribution in [-0.2, 0) is 6.73 Å². The summed E-state index contributed by atoms with van der Waals surface area (Å²) in [6.07, 6.45) is 3.50. The summed E-state index contributed by atoms with van der Waals surface area (Å²) in [6, 6.07) is 1.86. The molecule has 4 nitrogen and oxygen atoms in total. The smallest absolute Gasteiger partial charge is 0.167 e. The molecule has 0 radical (unpaired) electrons. The van der Waals surface area contributed by atoms with Gasteiger partial charge in [-0.3, -0.25) is 9.55 Å². The Morgan fingerprint density at radius 2 is 2.40 bits per heavy atom. The van der Waals surface area contributed by atoms with Gasteiger partial charge in [-0.1, -0.05) is 0 Å². The van der Waals surface area contributed by atoms with Crippen LogP contribution in [0.3, 0.4) is 0 Å². The van der Waals surface area contributed by atoms with E-state index < -0.39 is 0 Å². The Morgan fingerprint density at radius 3 is 3.27 bits per heavy atom.